The minimum absolute atomic E-state index is 0.00810. The van der Waals surface area contributed by atoms with Crippen LogP contribution in [0.25, 0.3) is 0 Å². The molecule has 1 aliphatic rings. The number of hydrogen-bond donors (Lipinski definition) is 2. The Morgan fingerprint density at radius 3 is 3.10 bits per heavy atom. The summed E-state index contributed by atoms with van der Waals surface area (Å²) in [6.45, 7) is 3.95. The molecule has 2 rings (SSSR count). The molecule has 114 valence electrons. The number of aliphatic hydroxyl groups excluding tert-OH is 1. The van der Waals surface area contributed by atoms with Crippen LogP contribution in [0.2, 0.25) is 0 Å². The van der Waals surface area contributed by atoms with Crippen LogP contribution in [-0.4, -0.2) is 34.7 Å². The highest BCUT2D eigenvalue weighted by atomic mass is 32.2. The van der Waals surface area contributed by atoms with Crippen LogP contribution in [0.3, 0.4) is 0 Å². The first kappa shape index (κ1) is 16.4. The van der Waals surface area contributed by atoms with E-state index < -0.39 is 0 Å². The van der Waals surface area contributed by atoms with E-state index in [1.165, 1.54) is 24.2 Å². The van der Waals surface area contributed by atoms with Crippen molar-refractivity contribution in [1.29, 1.82) is 0 Å². The third kappa shape index (κ3) is 4.26. The van der Waals surface area contributed by atoms with Crippen molar-refractivity contribution in [3.05, 3.63) is 21.4 Å². The summed E-state index contributed by atoms with van der Waals surface area (Å²) in [5, 5.41) is 12.5. The van der Waals surface area contributed by atoms with E-state index in [9.17, 15) is 4.79 Å². The van der Waals surface area contributed by atoms with Crippen molar-refractivity contribution in [1.82, 2.24) is 5.32 Å². The van der Waals surface area contributed by atoms with Crippen molar-refractivity contribution in [2.45, 2.75) is 44.4 Å². The lowest BCUT2D eigenvalue weighted by atomic mass is 10.2. The quantitative estimate of drug-likeness (QED) is 0.838. The van der Waals surface area contributed by atoms with Gasteiger partial charge in [-0.1, -0.05) is 25.2 Å². The molecule has 1 fully saturated rings. The van der Waals surface area contributed by atoms with Gasteiger partial charge in [0, 0.05) is 11.3 Å². The van der Waals surface area contributed by atoms with Crippen molar-refractivity contribution in [2.75, 3.05) is 12.4 Å². The minimum atomic E-state index is -0.156. The first-order chi connectivity index (χ1) is 10.2. The Balaban J connectivity index is 2.03. The lowest BCUT2D eigenvalue weighted by molar-refractivity contribution is 0.0942. The Morgan fingerprint density at radius 2 is 2.38 bits per heavy atom. The molecule has 5 heteroatoms. The Labute approximate surface area is 134 Å². The Hall–Kier alpha value is -0.960. The van der Waals surface area contributed by atoms with Gasteiger partial charge in [0.15, 0.2) is 0 Å². The van der Waals surface area contributed by atoms with Crippen LogP contribution >= 0.6 is 23.1 Å². The molecule has 0 radical (unpaired) electrons. The topological polar surface area (TPSA) is 49.3 Å². The van der Waals surface area contributed by atoms with Crippen LogP contribution < -0.4 is 5.32 Å². The summed E-state index contributed by atoms with van der Waals surface area (Å²) in [7, 11) is 0. The summed E-state index contributed by atoms with van der Waals surface area (Å²) in [5.74, 6) is 6.63. The largest absolute Gasteiger partial charge is 0.384 e. The summed E-state index contributed by atoms with van der Waals surface area (Å²) in [5.41, 5.74) is 0.997. The molecule has 1 aromatic rings. The Kier molecular flexibility index (Phi) is 6.16. The third-order valence-corrected chi connectivity index (χ3v) is 6.05. The molecule has 0 saturated heterocycles. The summed E-state index contributed by atoms with van der Waals surface area (Å²) in [6, 6.07) is 2.18. The van der Waals surface area contributed by atoms with E-state index in [2.05, 4.69) is 24.1 Å². The zero-order valence-corrected chi connectivity index (χ0v) is 14.1. The fourth-order valence-corrected chi connectivity index (χ4v) is 4.73. The molecule has 1 saturated carbocycles. The van der Waals surface area contributed by atoms with Crippen LogP contribution in [0.5, 0.6) is 0 Å². The van der Waals surface area contributed by atoms with Gasteiger partial charge in [-0.15, -0.1) is 11.3 Å². The molecule has 2 unspecified atom stereocenters. The lowest BCUT2D eigenvalue weighted by Crippen LogP contribution is -2.38. The fraction of sp³-hybridized carbons (Fsp3) is 0.562. The molecule has 0 bridgehead atoms. The maximum atomic E-state index is 12.4. The molecule has 21 heavy (non-hydrogen) atoms. The third-order valence-electron chi connectivity index (χ3n) is 3.57. The zero-order chi connectivity index (χ0) is 15.2. The van der Waals surface area contributed by atoms with Crippen molar-refractivity contribution in [3.63, 3.8) is 0 Å². The molecular formula is C16H21NO2S2. The van der Waals surface area contributed by atoms with Gasteiger partial charge >= 0.3 is 0 Å². The predicted molar refractivity (Wildman–Crippen MR) is 90.0 cm³/mol. The number of rotatable bonds is 4. The van der Waals surface area contributed by atoms with E-state index in [1.54, 1.807) is 0 Å². The molecule has 3 nitrogen and oxygen atoms in total. The van der Waals surface area contributed by atoms with Gasteiger partial charge in [0.2, 0.25) is 0 Å². The monoisotopic (exact) mass is 323 g/mol. The molecule has 1 amide bonds. The standard InChI is InChI=1S/C16H21NO2S2/c1-3-20-14-7-4-6-12(14)17-16(19)15-10-11(2)13(21-15)8-5-9-18/h10,12,14,18H,3-4,6-7,9H2,1-2H3,(H,17,19). The molecule has 0 aliphatic heterocycles. The van der Waals surface area contributed by atoms with Gasteiger partial charge in [0.25, 0.3) is 5.91 Å². The van der Waals surface area contributed by atoms with Gasteiger partial charge in [-0.2, -0.15) is 11.8 Å². The molecule has 2 N–H and O–H groups in total. The summed E-state index contributed by atoms with van der Waals surface area (Å²) >= 11 is 3.34. The maximum absolute atomic E-state index is 12.4. The van der Waals surface area contributed by atoms with Crippen molar-refractivity contribution >= 4 is 29.0 Å². The second kappa shape index (κ2) is 7.88. The van der Waals surface area contributed by atoms with Crippen molar-refractivity contribution < 1.29 is 9.90 Å². The second-order valence-corrected chi connectivity index (χ2v) is 7.66. The molecule has 1 aromatic heterocycles. The van der Waals surface area contributed by atoms with Crippen LogP contribution in [0.4, 0.5) is 0 Å². The lowest BCUT2D eigenvalue weighted by Gasteiger charge is -2.19. The number of nitrogens with one attached hydrogen (secondary N) is 1. The Bertz CT molecular complexity index is 556. The average molecular weight is 323 g/mol. The number of thioether (sulfide) groups is 1. The van der Waals surface area contributed by atoms with Gasteiger partial charge in [0.1, 0.15) is 6.61 Å². The van der Waals surface area contributed by atoms with Crippen molar-refractivity contribution in [2.24, 2.45) is 0 Å². The highest BCUT2D eigenvalue weighted by molar-refractivity contribution is 7.99. The van der Waals surface area contributed by atoms with Gasteiger partial charge in [-0.05, 0) is 37.1 Å². The smallest absolute Gasteiger partial charge is 0.261 e. The highest BCUT2D eigenvalue weighted by Gasteiger charge is 2.29. The normalized spacial score (nSPS) is 20.9. The zero-order valence-electron chi connectivity index (χ0n) is 12.4. The number of hydrogen-bond acceptors (Lipinski definition) is 4. The summed E-state index contributed by atoms with van der Waals surface area (Å²) in [6.07, 6.45) is 3.46. The molecule has 1 heterocycles. The number of carbonyl (C=O) groups is 1. The predicted octanol–water partition coefficient (Wildman–Crippen LogP) is 2.80. The molecule has 0 spiro atoms. The van der Waals surface area contributed by atoms with E-state index >= 15 is 0 Å². The van der Waals surface area contributed by atoms with Gasteiger partial charge in [0.05, 0.1) is 9.75 Å². The van der Waals surface area contributed by atoms with Gasteiger partial charge < -0.3 is 10.4 Å². The van der Waals surface area contributed by atoms with Crippen LogP contribution in [0, 0.1) is 18.8 Å². The number of amides is 1. The van der Waals surface area contributed by atoms with Crippen LogP contribution in [0.15, 0.2) is 6.07 Å². The van der Waals surface area contributed by atoms with E-state index in [0.29, 0.717) is 10.1 Å². The van der Waals surface area contributed by atoms with Gasteiger partial charge in [-0.3, -0.25) is 4.79 Å². The SMILES string of the molecule is CCSC1CCCC1NC(=O)c1cc(C)c(C#CCO)s1. The van der Waals surface area contributed by atoms with Crippen LogP contribution in [-0.2, 0) is 0 Å². The first-order valence-corrected chi connectivity index (χ1v) is 9.14. The van der Waals surface area contributed by atoms with E-state index in [-0.39, 0.29) is 18.6 Å². The molecule has 1 aliphatic carbocycles. The molecule has 0 aromatic carbocycles. The van der Waals surface area contributed by atoms with E-state index in [4.69, 9.17) is 5.11 Å². The van der Waals surface area contributed by atoms with Crippen molar-refractivity contribution in [3.8, 4) is 11.8 Å². The first-order valence-electron chi connectivity index (χ1n) is 7.28. The maximum Gasteiger partial charge on any atom is 0.261 e. The number of thiophene rings is 1. The highest BCUT2D eigenvalue weighted by Crippen LogP contribution is 2.30. The number of aliphatic hydroxyl groups is 1. The molecular weight excluding hydrogens is 302 g/mol. The number of carbonyl (C=O) groups excluding carboxylic acids is 1. The summed E-state index contributed by atoms with van der Waals surface area (Å²) < 4.78 is 0. The fourth-order valence-electron chi connectivity index (χ4n) is 2.58. The second-order valence-electron chi connectivity index (χ2n) is 5.09. The number of aryl methyl sites for hydroxylation is 1. The van der Waals surface area contributed by atoms with E-state index in [0.717, 1.165) is 22.6 Å². The average Bonchev–Trinajstić information content (AvgIpc) is 3.04. The minimum Gasteiger partial charge on any atom is -0.384 e. The molecule has 2 atom stereocenters. The van der Waals surface area contributed by atoms with Gasteiger partial charge in [-0.25, -0.2) is 0 Å². The van der Waals surface area contributed by atoms with Crippen LogP contribution in [0.1, 0.15) is 46.3 Å². The van der Waals surface area contributed by atoms with E-state index in [1.807, 2.05) is 24.8 Å². The Morgan fingerprint density at radius 1 is 1.57 bits per heavy atom. The summed E-state index contributed by atoms with van der Waals surface area (Å²) in [4.78, 5) is 14.0.